The number of carbonyl (C=O) groups is 2. The number of hydrogen-bond donors (Lipinski definition) is 1. The van der Waals surface area contributed by atoms with Crippen molar-refractivity contribution in [2.45, 2.75) is 25.9 Å². The summed E-state index contributed by atoms with van der Waals surface area (Å²) in [5.74, 6) is -0.481. The molecule has 2 rings (SSSR count). The maximum absolute atomic E-state index is 13.2. The third kappa shape index (κ3) is 5.85. The van der Waals surface area contributed by atoms with Gasteiger partial charge in [0.05, 0.1) is 19.2 Å². The molecule has 0 aliphatic heterocycles. The van der Waals surface area contributed by atoms with Crippen LogP contribution >= 0.6 is 11.6 Å². The highest BCUT2D eigenvalue weighted by atomic mass is 35.5. The van der Waals surface area contributed by atoms with Crippen LogP contribution in [-0.2, 0) is 20.7 Å². The van der Waals surface area contributed by atoms with Gasteiger partial charge in [0.25, 0.3) is 5.91 Å². The van der Waals surface area contributed by atoms with Crippen LogP contribution < -0.4 is 14.8 Å². The number of aryl methyl sites for hydroxylation is 1. The van der Waals surface area contributed by atoms with Crippen LogP contribution in [0.5, 0.6) is 11.5 Å². The van der Waals surface area contributed by atoms with Gasteiger partial charge in [0.15, 0.2) is 17.6 Å². The number of amides is 1. The van der Waals surface area contributed by atoms with Gasteiger partial charge in [-0.25, -0.2) is 4.39 Å². The van der Waals surface area contributed by atoms with Crippen LogP contribution in [0.3, 0.4) is 0 Å². The monoisotopic (exact) mass is 409 g/mol. The Bertz CT molecular complexity index is 858. The highest BCUT2D eigenvalue weighted by Gasteiger charge is 2.18. The summed E-state index contributed by atoms with van der Waals surface area (Å²) in [7, 11) is 3.08. The summed E-state index contributed by atoms with van der Waals surface area (Å²) in [6, 6.07) is 9.13. The Morgan fingerprint density at radius 1 is 1.11 bits per heavy atom. The smallest absolute Gasteiger partial charge is 0.306 e. The number of halogens is 2. The van der Waals surface area contributed by atoms with Crippen LogP contribution in [0.15, 0.2) is 36.4 Å². The van der Waals surface area contributed by atoms with E-state index in [1.165, 1.54) is 26.2 Å². The zero-order valence-electron chi connectivity index (χ0n) is 15.8. The number of rotatable bonds is 8. The maximum atomic E-state index is 13.2. The van der Waals surface area contributed by atoms with E-state index in [1.807, 2.05) is 6.07 Å². The average Bonchev–Trinajstić information content (AvgIpc) is 2.68. The quantitative estimate of drug-likeness (QED) is 0.667. The molecule has 6 nitrogen and oxygen atoms in total. The molecule has 0 aliphatic rings. The number of benzene rings is 2. The minimum absolute atomic E-state index is 0.0927. The third-order valence-electron chi connectivity index (χ3n) is 3.93. The van der Waals surface area contributed by atoms with Gasteiger partial charge in [-0.15, -0.1) is 0 Å². The number of methoxy groups -OCH3 is 2. The third-order valence-corrected chi connectivity index (χ3v) is 4.22. The van der Waals surface area contributed by atoms with Gasteiger partial charge in [-0.3, -0.25) is 9.59 Å². The first-order valence-electron chi connectivity index (χ1n) is 8.50. The molecular weight excluding hydrogens is 389 g/mol. The number of ether oxygens (including phenoxy) is 3. The van der Waals surface area contributed by atoms with E-state index >= 15 is 0 Å². The fourth-order valence-corrected chi connectivity index (χ4v) is 2.59. The molecule has 8 heteroatoms. The van der Waals surface area contributed by atoms with Crippen molar-refractivity contribution >= 4 is 29.2 Å². The second-order valence-corrected chi connectivity index (χ2v) is 6.35. The zero-order valence-corrected chi connectivity index (χ0v) is 16.5. The van der Waals surface area contributed by atoms with E-state index in [4.69, 9.17) is 25.8 Å². The molecule has 28 heavy (non-hydrogen) atoms. The predicted molar refractivity (Wildman–Crippen MR) is 103 cm³/mol. The fourth-order valence-electron chi connectivity index (χ4n) is 2.41. The summed E-state index contributed by atoms with van der Waals surface area (Å²) in [6.45, 7) is 1.45. The number of esters is 1. The summed E-state index contributed by atoms with van der Waals surface area (Å²) >= 11 is 5.67. The highest BCUT2D eigenvalue weighted by molar-refractivity contribution is 6.31. The van der Waals surface area contributed by atoms with E-state index in [1.54, 1.807) is 19.2 Å². The molecule has 1 N–H and O–H groups in total. The number of anilines is 1. The van der Waals surface area contributed by atoms with E-state index in [-0.39, 0.29) is 11.4 Å². The molecule has 0 fully saturated rings. The zero-order chi connectivity index (χ0) is 20.7. The molecule has 0 unspecified atom stereocenters. The van der Waals surface area contributed by atoms with Crippen molar-refractivity contribution in [3.05, 3.63) is 52.8 Å². The van der Waals surface area contributed by atoms with E-state index in [2.05, 4.69) is 5.32 Å². The minimum atomic E-state index is -1.01. The van der Waals surface area contributed by atoms with E-state index in [0.29, 0.717) is 23.6 Å². The van der Waals surface area contributed by atoms with Crippen molar-refractivity contribution in [3.63, 3.8) is 0 Å². The summed E-state index contributed by atoms with van der Waals surface area (Å²) in [6.07, 6.45) is -0.502. The Labute approximate surface area is 167 Å². The predicted octanol–water partition coefficient (Wildman–Crippen LogP) is 4.00. The Kier molecular flexibility index (Phi) is 7.63. The lowest BCUT2D eigenvalue weighted by Crippen LogP contribution is -2.30. The first kappa shape index (κ1) is 21.5. The van der Waals surface area contributed by atoms with E-state index in [0.717, 1.165) is 11.6 Å². The van der Waals surface area contributed by atoms with Gasteiger partial charge in [-0.05, 0) is 49.2 Å². The lowest BCUT2D eigenvalue weighted by molar-refractivity contribution is -0.153. The van der Waals surface area contributed by atoms with Crippen LogP contribution in [0.25, 0.3) is 0 Å². The molecule has 0 saturated carbocycles. The molecule has 2 aromatic rings. The molecule has 150 valence electrons. The van der Waals surface area contributed by atoms with Crippen molar-refractivity contribution in [3.8, 4) is 11.5 Å². The topological polar surface area (TPSA) is 73.9 Å². The highest BCUT2D eigenvalue weighted by Crippen LogP contribution is 2.28. The van der Waals surface area contributed by atoms with Crippen LogP contribution in [0.4, 0.5) is 10.1 Å². The summed E-state index contributed by atoms with van der Waals surface area (Å²) < 4.78 is 28.7. The van der Waals surface area contributed by atoms with Crippen molar-refractivity contribution < 1.29 is 28.2 Å². The second kappa shape index (κ2) is 9.94. The molecule has 0 radical (unpaired) electrons. The maximum Gasteiger partial charge on any atom is 0.306 e. The minimum Gasteiger partial charge on any atom is -0.493 e. The SMILES string of the molecule is COc1ccc(CCC(=O)O[C@@H](C)C(=O)Nc2ccc(F)c(Cl)c2)cc1OC. The van der Waals surface area contributed by atoms with Crippen molar-refractivity contribution in [2.75, 3.05) is 19.5 Å². The van der Waals surface area contributed by atoms with Crippen LogP contribution in [0.1, 0.15) is 18.9 Å². The van der Waals surface area contributed by atoms with Crippen molar-refractivity contribution in [1.82, 2.24) is 0 Å². The fraction of sp³-hybridized carbons (Fsp3) is 0.300. The lowest BCUT2D eigenvalue weighted by Gasteiger charge is -2.14. The molecule has 0 aromatic heterocycles. The van der Waals surface area contributed by atoms with E-state index < -0.39 is 23.8 Å². The van der Waals surface area contributed by atoms with Gasteiger partial charge < -0.3 is 19.5 Å². The summed E-state index contributed by atoms with van der Waals surface area (Å²) in [5.41, 5.74) is 1.18. The molecule has 0 spiro atoms. The molecule has 1 amide bonds. The second-order valence-electron chi connectivity index (χ2n) is 5.94. The van der Waals surface area contributed by atoms with Gasteiger partial charge >= 0.3 is 5.97 Å². The Balaban J connectivity index is 1.86. The van der Waals surface area contributed by atoms with Crippen LogP contribution in [-0.4, -0.2) is 32.2 Å². The lowest BCUT2D eigenvalue weighted by atomic mass is 10.1. The molecule has 0 saturated heterocycles. The van der Waals surface area contributed by atoms with Gasteiger partial charge in [-0.1, -0.05) is 17.7 Å². The number of nitrogens with one attached hydrogen (secondary N) is 1. The van der Waals surface area contributed by atoms with Crippen LogP contribution in [0, 0.1) is 5.82 Å². The average molecular weight is 410 g/mol. The summed E-state index contributed by atoms with van der Waals surface area (Å²) in [5, 5.41) is 2.41. The number of carbonyl (C=O) groups excluding carboxylic acids is 2. The molecule has 0 bridgehead atoms. The van der Waals surface area contributed by atoms with Crippen molar-refractivity contribution in [1.29, 1.82) is 0 Å². The Morgan fingerprint density at radius 2 is 1.82 bits per heavy atom. The number of hydrogen-bond acceptors (Lipinski definition) is 5. The van der Waals surface area contributed by atoms with Gasteiger partial charge in [-0.2, -0.15) is 0 Å². The first-order chi connectivity index (χ1) is 13.3. The van der Waals surface area contributed by atoms with Gasteiger partial charge in [0, 0.05) is 12.1 Å². The first-order valence-corrected chi connectivity index (χ1v) is 8.88. The van der Waals surface area contributed by atoms with Crippen molar-refractivity contribution in [2.24, 2.45) is 0 Å². The van der Waals surface area contributed by atoms with Gasteiger partial charge in [0.1, 0.15) is 5.82 Å². The molecule has 1 atom stereocenters. The summed E-state index contributed by atoms with van der Waals surface area (Å²) in [4.78, 5) is 24.1. The van der Waals surface area contributed by atoms with Gasteiger partial charge in [0.2, 0.25) is 0 Å². The van der Waals surface area contributed by atoms with E-state index in [9.17, 15) is 14.0 Å². The standard InChI is InChI=1S/C20H21ClFNO5/c1-12(20(25)23-14-6-7-16(22)15(21)11-14)28-19(24)9-5-13-4-8-17(26-2)18(10-13)27-3/h4,6-8,10-12H,5,9H2,1-3H3,(H,23,25)/t12-/m0/s1. The molecular formula is C20H21ClFNO5. The van der Waals surface area contributed by atoms with Crippen LogP contribution in [0.2, 0.25) is 5.02 Å². The largest absolute Gasteiger partial charge is 0.493 e. The molecule has 0 heterocycles. The Morgan fingerprint density at radius 3 is 2.46 bits per heavy atom. The molecule has 0 aliphatic carbocycles. The normalized spacial score (nSPS) is 11.5. The molecule has 2 aromatic carbocycles. The Hall–Kier alpha value is -2.80.